The van der Waals surface area contributed by atoms with Crippen molar-refractivity contribution in [2.45, 2.75) is 6.92 Å². The predicted molar refractivity (Wildman–Crippen MR) is 43.2 cm³/mol. The van der Waals surface area contributed by atoms with Crippen LogP contribution in [-0.4, -0.2) is 19.1 Å². The maximum atomic E-state index is 6.89. The quantitative estimate of drug-likeness (QED) is 0.383. The summed E-state index contributed by atoms with van der Waals surface area (Å²) >= 11 is 0. The SMILES string of the molecule is CC=N/C(=C\C(=N)N)NC. The molecule has 0 aromatic carbocycles. The summed E-state index contributed by atoms with van der Waals surface area (Å²) in [4.78, 5) is 3.89. The molecular formula is C6H12N4. The van der Waals surface area contributed by atoms with E-state index in [4.69, 9.17) is 11.1 Å². The van der Waals surface area contributed by atoms with Crippen LogP contribution in [0.25, 0.3) is 0 Å². The van der Waals surface area contributed by atoms with Gasteiger partial charge in [-0.2, -0.15) is 0 Å². The van der Waals surface area contributed by atoms with Gasteiger partial charge in [-0.15, -0.1) is 0 Å². The molecule has 0 unspecified atom stereocenters. The number of hydrogen-bond donors (Lipinski definition) is 3. The lowest BCUT2D eigenvalue weighted by atomic mass is 10.5. The van der Waals surface area contributed by atoms with E-state index in [-0.39, 0.29) is 5.84 Å². The first-order valence-corrected chi connectivity index (χ1v) is 2.93. The highest BCUT2D eigenvalue weighted by Crippen LogP contribution is 1.86. The first kappa shape index (κ1) is 8.68. The summed E-state index contributed by atoms with van der Waals surface area (Å²) < 4.78 is 0. The van der Waals surface area contributed by atoms with Gasteiger partial charge < -0.3 is 11.1 Å². The second kappa shape index (κ2) is 4.55. The Morgan fingerprint density at radius 3 is 2.60 bits per heavy atom. The fourth-order valence-electron chi connectivity index (χ4n) is 0.460. The molecule has 0 saturated carbocycles. The molecule has 0 aromatic rings. The molecule has 0 heterocycles. The van der Waals surface area contributed by atoms with Gasteiger partial charge in [0.2, 0.25) is 0 Å². The zero-order valence-electron chi connectivity index (χ0n) is 6.18. The van der Waals surface area contributed by atoms with Crippen LogP contribution in [0.2, 0.25) is 0 Å². The van der Waals surface area contributed by atoms with E-state index in [1.54, 1.807) is 20.2 Å². The Morgan fingerprint density at radius 2 is 2.30 bits per heavy atom. The summed E-state index contributed by atoms with van der Waals surface area (Å²) in [5.41, 5.74) is 5.09. The van der Waals surface area contributed by atoms with Crippen LogP contribution >= 0.6 is 0 Å². The molecular weight excluding hydrogens is 128 g/mol. The first-order valence-electron chi connectivity index (χ1n) is 2.93. The van der Waals surface area contributed by atoms with E-state index in [1.165, 1.54) is 6.08 Å². The number of nitrogens with zero attached hydrogens (tertiary/aromatic N) is 1. The van der Waals surface area contributed by atoms with E-state index in [9.17, 15) is 0 Å². The average molecular weight is 140 g/mol. The Labute approximate surface area is 60.3 Å². The standard InChI is InChI=1S/C6H12N4/c1-3-10-6(9-2)4-5(7)8/h3-4,9H,1-2H3,(H3,7,8)/b6-4-,10-3?. The maximum absolute atomic E-state index is 6.89. The third kappa shape index (κ3) is 3.65. The smallest absolute Gasteiger partial charge is 0.128 e. The monoisotopic (exact) mass is 140 g/mol. The lowest BCUT2D eigenvalue weighted by molar-refractivity contribution is 0.969. The van der Waals surface area contributed by atoms with Gasteiger partial charge in [-0.05, 0) is 6.92 Å². The third-order valence-corrected chi connectivity index (χ3v) is 0.817. The Hall–Kier alpha value is -1.32. The Balaban J connectivity index is 4.18. The summed E-state index contributed by atoms with van der Waals surface area (Å²) in [7, 11) is 1.72. The van der Waals surface area contributed by atoms with Gasteiger partial charge in [-0.1, -0.05) is 0 Å². The zero-order valence-corrected chi connectivity index (χ0v) is 6.18. The van der Waals surface area contributed by atoms with Crippen LogP contribution in [0.4, 0.5) is 0 Å². The van der Waals surface area contributed by atoms with Crippen LogP contribution in [-0.2, 0) is 0 Å². The molecule has 0 atom stereocenters. The van der Waals surface area contributed by atoms with E-state index >= 15 is 0 Å². The molecule has 0 rings (SSSR count). The Kier molecular flexibility index (Phi) is 3.95. The summed E-state index contributed by atoms with van der Waals surface area (Å²) in [6, 6.07) is 0. The maximum Gasteiger partial charge on any atom is 0.128 e. The van der Waals surface area contributed by atoms with Crippen LogP contribution in [0.3, 0.4) is 0 Å². The lowest BCUT2D eigenvalue weighted by Gasteiger charge is -1.96. The number of aliphatic imine (C=N–C) groups is 1. The Morgan fingerprint density at radius 1 is 1.70 bits per heavy atom. The van der Waals surface area contributed by atoms with Gasteiger partial charge in [0.25, 0.3) is 0 Å². The number of hydrogen-bond acceptors (Lipinski definition) is 3. The molecule has 4 N–H and O–H groups in total. The first-order chi connectivity index (χ1) is 4.70. The van der Waals surface area contributed by atoms with Crippen molar-refractivity contribution >= 4 is 12.1 Å². The van der Waals surface area contributed by atoms with Gasteiger partial charge >= 0.3 is 0 Å². The fraction of sp³-hybridized carbons (Fsp3) is 0.333. The summed E-state index contributed by atoms with van der Waals surface area (Å²) in [6.45, 7) is 1.80. The largest absolute Gasteiger partial charge is 0.384 e. The number of amidine groups is 1. The zero-order chi connectivity index (χ0) is 7.98. The second-order valence-electron chi connectivity index (χ2n) is 1.62. The van der Waals surface area contributed by atoms with Crippen molar-refractivity contribution in [1.29, 1.82) is 5.41 Å². The molecule has 0 aliphatic heterocycles. The molecule has 0 spiro atoms. The predicted octanol–water partition coefficient (Wildman–Crippen LogP) is 0.0739. The van der Waals surface area contributed by atoms with E-state index < -0.39 is 0 Å². The van der Waals surface area contributed by atoms with Crippen molar-refractivity contribution in [3.63, 3.8) is 0 Å². The summed E-state index contributed by atoms with van der Waals surface area (Å²) in [6.07, 6.45) is 3.07. The van der Waals surface area contributed by atoms with Gasteiger partial charge in [0.1, 0.15) is 11.7 Å². The molecule has 0 amide bonds. The van der Waals surface area contributed by atoms with Crippen molar-refractivity contribution in [2.75, 3.05) is 7.05 Å². The van der Waals surface area contributed by atoms with Crippen LogP contribution in [0, 0.1) is 5.41 Å². The van der Waals surface area contributed by atoms with Crippen molar-refractivity contribution in [2.24, 2.45) is 10.7 Å². The van der Waals surface area contributed by atoms with Gasteiger partial charge in [-0.3, -0.25) is 5.41 Å². The molecule has 10 heavy (non-hydrogen) atoms. The minimum Gasteiger partial charge on any atom is -0.384 e. The van der Waals surface area contributed by atoms with Gasteiger partial charge in [0.15, 0.2) is 0 Å². The van der Waals surface area contributed by atoms with E-state index in [0.717, 1.165) is 0 Å². The Bertz CT molecular complexity index is 169. The van der Waals surface area contributed by atoms with Crippen LogP contribution < -0.4 is 11.1 Å². The van der Waals surface area contributed by atoms with Crippen molar-refractivity contribution in [3.05, 3.63) is 11.9 Å². The van der Waals surface area contributed by atoms with Crippen LogP contribution in [0.1, 0.15) is 6.92 Å². The molecule has 0 aliphatic rings. The fourth-order valence-corrected chi connectivity index (χ4v) is 0.460. The second-order valence-corrected chi connectivity index (χ2v) is 1.62. The van der Waals surface area contributed by atoms with E-state index in [2.05, 4.69) is 10.3 Å². The lowest BCUT2D eigenvalue weighted by Crippen LogP contribution is -2.11. The normalized spacial score (nSPS) is 12.0. The number of nitrogens with one attached hydrogen (secondary N) is 2. The van der Waals surface area contributed by atoms with Crippen LogP contribution in [0.5, 0.6) is 0 Å². The molecule has 4 nitrogen and oxygen atoms in total. The molecule has 0 radical (unpaired) electrons. The highest BCUT2D eigenvalue weighted by atomic mass is 15.0. The van der Waals surface area contributed by atoms with Crippen molar-refractivity contribution in [1.82, 2.24) is 5.32 Å². The van der Waals surface area contributed by atoms with Crippen molar-refractivity contribution < 1.29 is 0 Å². The third-order valence-electron chi connectivity index (χ3n) is 0.817. The number of rotatable bonds is 3. The highest BCUT2D eigenvalue weighted by Gasteiger charge is 1.86. The minimum atomic E-state index is -0.00468. The molecule has 0 aromatic heterocycles. The molecule has 56 valence electrons. The van der Waals surface area contributed by atoms with E-state index in [0.29, 0.717) is 5.82 Å². The van der Waals surface area contributed by atoms with Gasteiger partial charge in [0, 0.05) is 19.3 Å². The van der Waals surface area contributed by atoms with Crippen molar-refractivity contribution in [3.8, 4) is 0 Å². The molecule has 0 bridgehead atoms. The molecule has 0 saturated heterocycles. The highest BCUT2D eigenvalue weighted by molar-refractivity contribution is 5.89. The molecule has 0 fully saturated rings. The number of nitrogens with two attached hydrogens (primary N) is 1. The average Bonchev–Trinajstić information content (AvgIpc) is 1.86. The van der Waals surface area contributed by atoms with E-state index in [1.807, 2.05) is 0 Å². The summed E-state index contributed by atoms with van der Waals surface area (Å²) in [5.74, 6) is 0.588. The summed E-state index contributed by atoms with van der Waals surface area (Å²) in [5, 5.41) is 9.67. The van der Waals surface area contributed by atoms with Gasteiger partial charge in [0.05, 0.1) is 0 Å². The molecule has 0 aliphatic carbocycles. The van der Waals surface area contributed by atoms with Gasteiger partial charge in [-0.25, -0.2) is 4.99 Å². The minimum absolute atomic E-state index is 0.00468. The topological polar surface area (TPSA) is 74.3 Å². The van der Waals surface area contributed by atoms with Crippen LogP contribution in [0.15, 0.2) is 16.9 Å². The molecule has 4 heteroatoms.